The third kappa shape index (κ3) is 3.03. The molecule has 6 nitrogen and oxygen atoms in total. The lowest BCUT2D eigenvalue weighted by molar-refractivity contribution is -0.133. The first-order chi connectivity index (χ1) is 11.1. The third-order valence-corrected chi connectivity index (χ3v) is 4.85. The van der Waals surface area contributed by atoms with Crippen molar-refractivity contribution in [2.45, 2.75) is 0 Å². The molecule has 1 aromatic carbocycles. The van der Waals surface area contributed by atoms with E-state index in [-0.39, 0.29) is 29.6 Å². The van der Waals surface area contributed by atoms with Crippen LogP contribution in [0.25, 0.3) is 0 Å². The predicted octanol–water partition coefficient (Wildman–Crippen LogP) is 0.776. The van der Waals surface area contributed by atoms with Crippen molar-refractivity contribution in [3.05, 3.63) is 29.8 Å². The minimum Gasteiger partial charge on any atom is -0.497 e. The van der Waals surface area contributed by atoms with Crippen molar-refractivity contribution in [2.24, 2.45) is 17.8 Å². The van der Waals surface area contributed by atoms with Crippen LogP contribution in [-0.4, -0.2) is 57.2 Å². The van der Waals surface area contributed by atoms with Crippen LogP contribution in [0.5, 0.6) is 5.75 Å². The van der Waals surface area contributed by atoms with Gasteiger partial charge in [-0.25, -0.2) is 0 Å². The number of rotatable bonds is 3. The Morgan fingerprint density at radius 2 is 1.96 bits per heavy atom. The largest absolute Gasteiger partial charge is 0.497 e. The Kier molecular flexibility index (Phi) is 4.52. The molecule has 1 N–H and O–H groups in total. The highest BCUT2D eigenvalue weighted by atomic mass is 16.5. The standard InChI is InChI=1S/C17H22N2O4/c1-18-16(20)15-10-23-9-12-7-19(8-14(12)15)17(21)11-3-5-13(22-2)6-4-11/h3-6,12,14-15H,7-10H2,1-2H3,(H,18,20)/t12-,14-,15-/m1/s1. The number of carbonyl (C=O) groups excluding carboxylic acids is 2. The molecule has 3 atom stereocenters. The molecule has 2 saturated heterocycles. The molecule has 2 amide bonds. The van der Waals surface area contributed by atoms with Crippen LogP contribution in [0.2, 0.25) is 0 Å². The number of methoxy groups -OCH3 is 1. The SMILES string of the molecule is CNC(=O)[C@@H]1COC[C@H]2CN(C(=O)c3ccc(OC)cc3)C[C@H]21. The van der Waals surface area contributed by atoms with Crippen molar-refractivity contribution in [1.29, 1.82) is 0 Å². The number of ether oxygens (including phenoxy) is 2. The van der Waals surface area contributed by atoms with Gasteiger partial charge in [-0.05, 0) is 30.2 Å². The minimum absolute atomic E-state index is 0.00144. The first-order valence-corrected chi connectivity index (χ1v) is 7.86. The Morgan fingerprint density at radius 3 is 2.61 bits per heavy atom. The van der Waals surface area contributed by atoms with Gasteiger partial charge in [0, 0.05) is 31.6 Å². The van der Waals surface area contributed by atoms with E-state index in [2.05, 4.69) is 5.32 Å². The summed E-state index contributed by atoms with van der Waals surface area (Å²) in [7, 11) is 3.24. The van der Waals surface area contributed by atoms with E-state index in [1.54, 1.807) is 38.4 Å². The second-order valence-corrected chi connectivity index (χ2v) is 6.12. The van der Waals surface area contributed by atoms with Crippen molar-refractivity contribution in [3.63, 3.8) is 0 Å². The van der Waals surface area contributed by atoms with Crippen molar-refractivity contribution in [2.75, 3.05) is 40.5 Å². The van der Waals surface area contributed by atoms with Crippen LogP contribution in [0, 0.1) is 17.8 Å². The van der Waals surface area contributed by atoms with E-state index < -0.39 is 0 Å². The minimum atomic E-state index is -0.174. The number of carbonyl (C=O) groups is 2. The van der Waals surface area contributed by atoms with Gasteiger partial charge >= 0.3 is 0 Å². The fourth-order valence-electron chi connectivity index (χ4n) is 3.54. The predicted molar refractivity (Wildman–Crippen MR) is 84.3 cm³/mol. The van der Waals surface area contributed by atoms with Crippen molar-refractivity contribution >= 4 is 11.8 Å². The fourth-order valence-corrected chi connectivity index (χ4v) is 3.54. The van der Waals surface area contributed by atoms with E-state index in [0.29, 0.717) is 31.9 Å². The maximum Gasteiger partial charge on any atom is 0.253 e. The average molecular weight is 318 g/mol. The highest BCUT2D eigenvalue weighted by Crippen LogP contribution is 2.35. The number of fused-ring (bicyclic) bond motifs is 1. The Labute approximate surface area is 135 Å². The molecule has 0 bridgehead atoms. The van der Waals surface area contributed by atoms with Gasteiger partial charge in [0.1, 0.15) is 5.75 Å². The van der Waals surface area contributed by atoms with Gasteiger partial charge in [-0.3, -0.25) is 9.59 Å². The van der Waals surface area contributed by atoms with Crippen LogP contribution < -0.4 is 10.1 Å². The molecule has 2 aliphatic heterocycles. The lowest BCUT2D eigenvalue weighted by Gasteiger charge is -2.31. The third-order valence-electron chi connectivity index (χ3n) is 4.85. The van der Waals surface area contributed by atoms with E-state index in [4.69, 9.17) is 9.47 Å². The number of amides is 2. The quantitative estimate of drug-likeness (QED) is 0.894. The Hall–Kier alpha value is -2.08. The van der Waals surface area contributed by atoms with Gasteiger partial charge in [-0.15, -0.1) is 0 Å². The summed E-state index contributed by atoms with van der Waals surface area (Å²) in [5.41, 5.74) is 0.641. The Balaban J connectivity index is 1.72. The fraction of sp³-hybridized carbons (Fsp3) is 0.529. The van der Waals surface area contributed by atoms with Crippen LogP contribution in [0.15, 0.2) is 24.3 Å². The molecule has 0 aliphatic carbocycles. The molecule has 6 heteroatoms. The van der Waals surface area contributed by atoms with Crippen molar-refractivity contribution in [3.8, 4) is 5.75 Å². The molecule has 0 aromatic heterocycles. The van der Waals surface area contributed by atoms with Gasteiger partial charge in [0.05, 0.1) is 26.2 Å². The molecule has 2 fully saturated rings. The monoisotopic (exact) mass is 318 g/mol. The summed E-state index contributed by atoms with van der Waals surface area (Å²) < 4.78 is 10.7. The van der Waals surface area contributed by atoms with Crippen LogP contribution in [0.4, 0.5) is 0 Å². The smallest absolute Gasteiger partial charge is 0.253 e. The summed E-state index contributed by atoms with van der Waals surface area (Å²) in [6, 6.07) is 7.12. The number of hydrogen-bond donors (Lipinski definition) is 1. The molecule has 0 unspecified atom stereocenters. The summed E-state index contributed by atoms with van der Waals surface area (Å²) >= 11 is 0. The van der Waals surface area contributed by atoms with E-state index in [1.807, 2.05) is 4.90 Å². The molecule has 124 valence electrons. The van der Waals surface area contributed by atoms with E-state index >= 15 is 0 Å². The average Bonchev–Trinajstić information content (AvgIpc) is 3.04. The van der Waals surface area contributed by atoms with Crippen LogP contribution >= 0.6 is 0 Å². The van der Waals surface area contributed by atoms with Crippen molar-refractivity contribution < 1.29 is 19.1 Å². The number of benzene rings is 1. The van der Waals surface area contributed by atoms with Gasteiger partial charge in [-0.1, -0.05) is 0 Å². The highest BCUT2D eigenvalue weighted by molar-refractivity contribution is 5.94. The lowest BCUT2D eigenvalue weighted by atomic mass is 9.82. The Bertz CT molecular complexity index is 587. The van der Waals surface area contributed by atoms with Gasteiger partial charge in [0.2, 0.25) is 5.91 Å². The van der Waals surface area contributed by atoms with E-state index in [9.17, 15) is 9.59 Å². The molecule has 0 radical (unpaired) electrons. The second kappa shape index (κ2) is 6.58. The topological polar surface area (TPSA) is 67.9 Å². The summed E-state index contributed by atoms with van der Waals surface area (Å²) in [4.78, 5) is 26.5. The van der Waals surface area contributed by atoms with Gasteiger partial charge < -0.3 is 19.7 Å². The first-order valence-electron chi connectivity index (χ1n) is 7.86. The number of nitrogens with zero attached hydrogens (tertiary/aromatic N) is 1. The molecular weight excluding hydrogens is 296 g/mol. The maximum absolute atomic E-state index is 12.7. The zero-order valence-electron chi connectivity index (χ0n) is 13.5. The number of hydrogen-bond acceptors (Lipinski definition) is 4. The molecule has 2 aliphatic rings. The molecule has 0 saturated carbocycles. The van der Waals surface area contributed by atoms with Crippen LogP contribution in [0.3, 0.4) is 0 Å². The number of nitrogens with one attached hydrogen (secondary N) is 1. The first kappa shape index (κ1) is 15.8. The molecule has 2 heterocycles. The zero-order chi connectivity index (χ0) is 16.4. The van der Waals surface area contributed by atoms with E-state index in [0.717, 1.165) is 5.75 Å². The maximum atomic E-state index is 12.7. The van der Waals surface area contributed by atoms with Crippen LogP contribution in [-0.2, 0) is 9.53 Å². The van der Waals surface area contributed by atoms with E-state index in [1.165, 1.54) is 0 Å². The number of likely N-dealkylation sites (tertiary alicyclic amines) is 1. The molecule has 0 spiro atoms. The normalized spacial score (nSPS) is 26.5. The summed E-state index contributed by atoms with van der Waals surface area (Å²) in [5.74, 6) is 0.951. The summed E-state index contributed by atoms with van der Waals surface area (Å²) in [6.45, 7) is 2.30. The molecule has 1 aromatic rings. The zero-order valence-corrected chi connectivity index (χ0v) is 13.5. The van der Waals surface area contributed by atoms with Gasteiger partial charge in [-0.2, -0.15) is 0 Å². The van der Waals surface area contributed by atoms with Gasteiger partial charge in [0.25, 0.3) is 5.91 Å². The molecule has 3 rings (SSSR count). The van der Waals surface area contributed by atoms with Crippen molar-refractivity contribution in [1.82, 2.24) is 10.2 Å². The lowest BCUT2D eigenvalue weighted by Crippen LogP contribution is -2.43. The Morgan fingerprint density at radius 1 is 1.22 bits per heavy atom. The molecular formula is C17H22N2O4. The summed E-state index contributed by atoms with van der Waals surface area (Å²) in [6.07, 6.45) is 0. The molecule has 23 heavy (non-hydrogen) atoms. The van der Waals surface area contributed by atoms with Crippen LogP contribution in [0.1, 0.15) is 10.4 Å². The highest BCUT2D eigenvalue weighted by Gasteiger charge is 2.45. The summed E-state index contributed by atoms with van der Waals surface area (Å²) in [5, 5.41) is 2.70. The second-order valence-electron chi connectivity index (χ2n) is 6.12. The van der Waals surface area contributed by atoms with Gasteiger partial charge in [0.15, 0.2) is 0 Å².